The third kappa shape index (κ3) is 5.03. The highest BCUT2D eigenvalue weighted by atomic mass is 16.5. The molecule has 0 radical (unpaired) electrons. The summed E-state index contributed by atoms with van der Waals surface area (Å²) in [5.41, 5.74) is 0.868. The topological polar surface area (TPSA) is 96.5 Å². The molecule has 1 aromatic carbocycles. The van der Waals surface area contributed by atoms with E-state index in [2.05, 4.69) is 0 Å². The Bertz CT molecular complexity index is 874. The largest absolute Gasteiger partial charge is 0.482 e. The van der Waals surface area contributed by atoms with Crippen molar-refractivity contribution < 1.29 is 28.7 Å². The molecule has 1 saturated heterocycles. The van der Waals surface area contributed by atoms with Gasteiger partial charge in [-0.05, 0) is 51.8 Å². The van der Waals surface area contributed by atoms with Gasteiger partial charge >= 0.3 is 5.97 Å². The number of benzene rings is 1. The van der Waals surface area contributed by atoms with Crippen LogP contribution in [-0.2, 0) is 19.1 Å². The van der Waals surface area contributed by atoms with Gasteiger partial charge in [0.05, 0.1) is 18.2 Å². The summed E-state index contributed by atoms with van der Waals surface area (Å²) in [7, 11) is 0. The SMILES string of the molecule is CCOC(=O)C1CCN(C(=O)CN2C(=O)COc3ccc(C(=O)N(CC)CC)cc32)CC1. The minimum absolute atomic E-state index is 0.136. The lowest BCUT2D eigenvalue weighted by Crippen LogP contribution is -2.49. The molecule has 0 bridgehead atoms. The van der Waals surface area contributed by atoms with Crippen molar-refractivity contribution in [1.29, 1.82) is 0 Å². The summed E-state index contributed by atoms with van der Waals surface area (Å²) in [5.74, 6) is -0.619. The molecule has 2 aliphatic heterocycles. The number of rotatable bonds is 7. The number of carbonyl (C=O) groups is 4. The van der Waals surface area contributed by atoms with Crippen LogP contribution in [0.15, 0.2) is 18.2 Å². The van der Waals surface area contributed by atoms with Crippen molar-refractivity contribution in [3.63, 3.8) is 0 Å². The second kappa shape index (κ2) is 10.5. The van der Waals surface area contributed by atoms with Crippen LogP contribution in [0.1, 0.15) is 44.0 Å². The van der Waals surface area contributed by atoms with Crippen molar-refractivity contribution in [1.82, 2.24) is 9.80 Å². The molecule has 174 valence electrons. The highest BCUT2D eigenvalue weighted by Gasteiger charge is 2.32. The van der Waals surface area contributed by atoms with Crippen LogP contribution in [0.5, 0.6) is 5.75 Å². The molecule has 0 saturated carbocycles. The van der Waals surface area contributed by atoms with Gasteiger partial charge in [-0.15, -0.1) is 0 Å². The Labute approximate surface area is 188 Å². The predicted octanol–water partition coefficient (Wildman–Crippen LogP) is 1.70. The standard InChI is InChI=1S/C23H31N3O6/c1-4-24(5-2)22(29)17-7-8-19-18(13-17)26(21(28)15-32-19)14-20(27)25-11-9-16(10-12-25)23(30)31-6-3/h7-8,13,16H,4-6,9-12,14-15H2,1-3H3. The number of fused-ring (bicyclic) bond motifs is 1. The Kier molecular flexibility index (Phi) is 7.71. The van der Waals surface area contributed by atoms with Gasteiger partial charge in [-0.3, -0.25) is 24.1 Å². The third-order valence-electron chi connectivity index (χ3n) is 5.96. The van der Waals surface area contributed by atoms with Gasteiger partial charge in [0.15, 0.2) is 6.61 Å². The molecular weight excluding hydrogens is 414 g/mol. The zero-order chi connectivity index (χ0) is 23.3. The van der Waals surface area contributed by atoms with Crippen LogP contribution < -0.4 is 9.64 Å². The molecule has 9 nitrogen and oxygen atoms in total. The van der Waals surface area contributed by atoms with Gasteiger partial charge in [-0.25, -0.2) is 0 Å². The average Bonchev–Trinajstić information content (AvgIpc) is 2.81. The van der Waals surface area contributed by atoms with Gasteiger partial charge in [0.1, 0.15) is 12.3 Å². The Balaban J connectivity index is 1.72. The second-order valence-corrected chi connectivity index (χ2v) is 7.84. The molecule has 9 heteroatoms. The molecule has 0 aliphatic carbocycles. The summed E-state index contributed by atoms with van der Waals surface area (Å²) >= 11 is 0. The van der Waals surface area contributed by atoms with Gasteiger partial charge in [0.25, 0.3) is 11.8 Å². The Morgan fingerprint density at radius 1 is 1.12 bits per heavy atom. The highest BCUT2D eigenvalue weighted by Crippen LogP contribution is 2.33. The first-order valence-corrected chi connectivity index (χ1v) is 11.2. The van der Waals surface area contributed by atoms with Gasteiger partial charge in [-0.1, -0.05) is 0 Å². The van der Waals surface area contributed by atoms with Crippen molar-refractivity contribution >= 4 is 29.4 Å². The molecule has 2 aliphatic rings. The zero-order valence-electron chi connectivity index (χ0n) is 19.0. The number of amides is 3. The molecule has 0 unspecified atom stereocenters. The minimum atomic E-state index is -0.334. The first kappa shape index (κ1) is 23.6. The van der Waals surface area contributed by atoms with Crippen molar-refractivity contribution in [2.75, 3.05) is 50.8 Å². The number of likely N-dealkylation sites (tertiary alicyclic amines) is 1. The lowest BCUT2D eigenvalue weighted by Gasteiger charge is -2.34. The monoisotopic (exact) mass is 445 g/mol. The summed E-state index contributed by atoms with van der Waals surface area (Å²) < 4.78 is 10.6. The van der Waals surface area contributed by atoms with Crippen LogP contribution in [0.25, 0.3) is 0 Å². The lowest BCUT2D eigenvalue weighted by molar-refractivity contribution is -0.151. The summed E-state index contributed by atoms with van der Waals surface area (Å²) in [4.78, 5) is 55.0. The lowest BCUT2D eigenvalue weighted by atomic mass is 9.97. The maximum absolute atomic E-state index is 12.9. The molecule has 1 fully saturated rings. The Morgan fingerprint density at radius 2 is 1.81 bits per heavy atom. The van der Waals surface area contributed by atoms with E-state index in [0.717, 1.165) is 0 Å². The van der Waals surface area contributed by atoms with Gasteiger partial charge in [-0.2, -0.15) is 0 Å². The van der Waals surface area contributed by atoms with Gasteiger partial charge in [0, 0.05) is 31.7 Å². The first-order chi connectivity index (χ1) is 15.4. The number of hydrogen-bond acceptors (Lipinski definition) is 6. The maximum Gasteiger partial charge on any atom is 0.309 e. The van der Waals surface area contributed by atoms with Gasteiger partial charge < -0.3 is 19.3 Å². The summed E-state index contributed by atoms with van der Waals surface area (Å²) in [6.07, 6.45) is 1.08. The summed E-state index contributed by atoms with van der Waals surface area (Å²) in [6.45, 7) is 7.66. The normalized spacial score (nSPS) is 16.3. The van der Waals surface area contributed by atoms with E-state index in [9.17, 15) is 19.2 Å². The van der Waals surface area contributed by atoms with E-state index in [1.54, 1.807) is 34.9 Å². The van der Waals surface area contributed by atoms with Crippen molar-refractivity contribution in [3.8, 4) is 5.75 Å². The third-order valence-corrected chi connectivity index (χ3v) is 5.96. The molecule has 3 rings (SSSR count). The number of esters is 1. The quantitative estimate of drug-likeness (QED) is 0.593. The number of piperidine rings is 1. The molecule has 32 heavy (non-hydrogen) atoms. The molecule has 2 heterocycles. The molecule has 0 aromatic heterocycles. The van der Waals surface area contributed by atoms with Crippen molar-refractivity contribution in [2.45, 2.75) is 33.6 Å². The fourth-order valence-electron chi connectivity index (χ4n) is 4.06. The molecular formula is C23H31N3O6. The predicted molar refractivity (Wildman–Crippen MR) is 117 cm³/mol. The molecule has 0 spiro atoms. The van der Waals surface area contributed by atoms with Crippen LogP contribution >= 0.6 is 0 Å². The van der Waals surface area contributed by atoms with Crippen molar-refractivity contribution in [3.05, 3.63) is 23.8 Å². The Morgan fingerprint density at radius 3 is 2.44 bits per heavy atom. The zero-order valence-corrected chi connectivity index (χ0v) is 19.0. The number of hydrogen-bond donors (Lipinski definition) is 0. The fraction of sp³-hybridized carbons (Fsp3) is 0.565. The van der Waals surface area contributed by atoms with Crippen LogP contribution in [0, 0.1) is 5.92 Å². The van der Waals surface area contributed by atoms with Gasteiger partial charge in [0.2, 0.25) is 5.91 Å². The number of anilines is 1. The highest BCUT2D eigenvalue weighted by molar-refractivity contribution is 6.04. The molecule has 0 N–H and O–H groups in total. The van der Waals surface area contributed by atoms with E-state index in [4.69, 9.17) is 9.47 Å². The van der Waals surface area contributed by atoms with E-state index in [1.807, 2.05) is 13.8 Å². The molecule has 0 atom stereocenters. The van der Waals surface area contributed by atoms with E-state index in [1.165, 1.54) is 4.90 Å². The maximum atomic E-state index is 12.9. The fourth-order valence-corrected chi connectivity index (χ4v) is 4.06. The number of nitrogens with zero attached hydrogens (tertiary/aromatic N) is 3. The number of ether oxygens (including phenoxy) is 2. The Hall–Kier alpha value is -3.10. The minimum Gasteiger partial charge on any atom is -0.482 e. The van der Waals surface area contributed by atoms with E-state index < -0.39 is 0 Å². The van der Waals surface area contributed by atoms with Crippen LogP contribution in [0.4, 0.5) is 5.69 Å². The summed E-state index contributed by atoms with van der Waals surface area (Å²) in [6, 6.07) is 4.96. The van der Waals surface area contributed by atoms with Crippen molar-refractivity contribution in [2.24, 2.45) is 5.92 Å². The molecule has 3 amide bonds. The van der Waals surface area contributed by atoms with Crippen LogP contribution in [0.2, 0.25) is 0 Å². The van der Waals surface area contributed by atoms with Crippen LogP contribution in [-0.4, -0.2) is 79.4 Å². The van der Waals surface area contributed by atoms with E-state index >= 15 is 0 Å². The van der Waals surface area contributed by atoms with E-state index in [-0.39, 0.29) is 42.8 Å². The van der Waals surface area contributed by atoms with Crippen LogP contribution in [0.3, 0.4) is 0 Å². The second-order valence-electron chi connectivity index (χ2n) is 7.84. The smallest absolute Gasteiger partial charge is 0.309 e. The van der Waals surface area contributed by atoms with E-state index in [0.29, 0.717) is 62.6 Å². The number of carbonyl (C=O) groups excluding carboxylic acids is 4. The summed E-state index contributed by atoms with van der Waals surface area (Å²) in [5, 5.41) is 0. The molecule has 1 aromatic rings. The average molecular weight is 446 g/mol. The first-order valence-electron chi connectivity index (χ1n) is 11.2.